The Kier molecular flexibility index (Phi) is 3.90. The second-order valence-corrected chi connectivity index (χ2v) is 4.63. The number of piperidine rings is 1. The van der Waals surface area contributed by atoms with E-state index in [9.17, 15) is 4.39 Å². The highest BCUT2D eigenvalue weighted by atomic mass is 19.1. The molecule has 0 aliphatic carbocycles. The number of nitrogens with zero attached hydrogens (tertiary/aromatic N) is 1. The molecule has 0 aromatic heterocycles. The third-order valence-corrected chi connectivity index (χ3v) is 3.76. The van der Waals surface area contributed by atoms with Crippen LogP contribution in [0, 0.1) is 0 Å². The maximum absolute atomic E-state index is 13.8. The molecule has 1 aliphatic rings. The summed E-state index contributed by atoms with van der Waals surface area (Å²) in [7, 11) is 0. The molecule has 0 aromatic rings. The van der Waals surface area contributed by atoms with E-state index in [-0.39, 0.29) is 11.6 Å². The molecule has 0 spiro atoms. The summed E-state index contributed by atoms with van der Waals surface area (Å²) in [6.45, 7) is 7.09. The van der Waals surface area contributed by atoms with Gasteiger partial charge < -0.3 is 5.73 Å². The average molecular weight is 202 g/mol. The first kappa shape index (κ1) is 11.9. The van der Waals surface area contributed by atoms with Gasteiger partial charge in [0.25, 0.3) is 0 Å². The van der Waals surface area contributed by atoms with Crippen molar-refractivity contribution in [3.63, 3.8) is 0 Å². The van der Waals surface area contributed by atoms with E-state index in [1.807, 2.05) is 4.90 Å². The summed E-state index contributed by atoms with van der Waals surface area (Å²) in [6, 6.07) is 0.152. The molecule has 1 aliphatic heterocycles. The van der Waals surface area contributed by atoms with E-state index in [2.05, 4.69) is 20.8 Å². The minimum absolute atomic E-state index is 0.0164. The Balaban J connectivity index is 2.72. The van der Waals surface area contributed by atoms with Gasteiger partial charge in [0, 0.05) is 18.1 Å². The number of hydrogen-bond acceptors (Lipinski definition) is 2. The Labute approximate surface area is 86.6 Å². The summed E-state index contributed by atoms with van der Waals surface area (Å²) < 4.78 is 13.8. The van der Waals surface area contributed by atoms with Gasteiger partial charge in [-0.3, -0.25) is 4.90 Å². The van der Waals surface area contributed by atoms with Crippen LogP contribution >= 0.6 is 0 Å². The fourth-order valence-corrected chi connectivity index (χ4v) is 2.18. The van der Waals surface area contributed by atoms with Gasteiger partial charge in [-0.25, -0.2) is 4.39 Å². The molecule has 1 saturated heterocycles. The highest BCUT2D eigenvalue weighted by Crippen LogP contribution is 2.30. The lowest BCUT2D eigenvalue weighted by Crippen LogP contribution is -2.56. The molecule has 1 heterocycles. The Morgan fingerprint density at radius 1 is 1.36 bits per heavy atom. The van der Waals surface area contributed by atoms with Crippen LogP contribution in [-0.4, -0.2) is 29.3 Å². The smallest absolute Gasteiger partial charge is 0.154 e. The molecule has 2 N–H and O–H groups in total. The van der Waals surface area contributed by atoms with Gasteiger partial charge in [0.05, 0.1) is 0 Å². The number of alkyl halides is 1. The number of likely N-dealkylation sites (tertiary alicyclic amines) is 1. The molecule has 0 saturated carbocycles. The molecule has 0 bridgehead atoms. The van der Waals surface area contributed by atoms with Crippen molar-refractivity contribution in [3.05, 3.63) is 0 Å². The van der Waals surface area contributed by atoms with Crippen molar-refractivity contribution in [2.75, 3.05) is 6.54 Å². The second-order valence-electron chi connectivity index (χ2n) is 4.63. The molecule has 0 radical (unpaired) electrons. The van der Waals surface area contributed by atoms with E-state index < -0.39 is 6.30 Å². The maximum Gasteiger partial charge on any atom is 0.154 e. The van der Waals surface area contributed by atoms with Crippen molar-refractivity contribution in [1.29, 1.82) is 0 Å². The van der Waals surface area contributed by atoms with E-state index in [1.54, 1.807) is 0 Å². The monoisotopic (exact) mass is 202 g/mol. The first-order chi connectivity index (χ1) is 6.53. The topological polar surface area (TPSA) is 29.3 Å². The summed E-state index contributed by atoms with van der Waals surface area (Å²) >= 11 is 0. The number of nitrogens with two attached hydrogens (primary N) is 1. The van der Waals surface area contributed by atoms with E-state index in [0.717, 1.165) is 19.3 Å². The van der Waals surface area contributed by atoms with Gasteiger partial charge in [-0.1, -0.05) is 13.8 Å². The van der Waals surface area contributed by atoms with Gasteiger partial charge in [-0.15, -0.1) is 0 Å². The Hall–Kier alpha value is -0.150. The van der Waals surface area contributed by atoms with E-state index in [4.69, 9.17) is 5.73 Å². The SMILES string of the molecule is CCC(C)(CC)N1CC(N)CCC1F. The summed E-state index contributed by atoms with van der Waals surface area (Å²) in [5, 5.41) is 0. The Bertz CT molecular complexity index is 180. The number of hydrogen-bond donors (Lipinski definition) is 1. The minimum atomic E-state index is -0.792. The van der Waals surface area contributed by atoms with Gasteiger partial charge in [0.2, 0.25) is 0 Å². The highest BCUT2D eigenvalue weighted by molar-refractivity contribution is 4.90. The van der Waals surface area contributed by atoms with Crippen LogP contribution in [0.5, 0.6) is 0 Å². The largest absolute Gasteiger partial charge is 0.327 e. The molecule has 0 amide bonds. The van der Waals surface area contributed by atoms with E-state index in [0.29, 0.717) is 13.0 Å². The van der Waals surface area contributed by atoms with E-state index in [1.165, 1.54) is 0 Å². The first-order valence-corrected chi connectivity index (χ1v) is 5.70. The minimum Gasteiger partial charge on any atom is -0.327 e. The van der Waals surface area contributed by atoms with Crippen molar-refractivity contribution in [2.45, 2.75) is 64.3 Å². The Morgan fingerprint density at radius 2 is 1.93 bits per heavy atom. The lowest BCUT2D eigenvalue weighted by molar-refractivity contribution is -0.0462. The van der Waals surface area contributed by atoms with Crippen LogP contribution in [0.15, 0.2) is 0 Å². The zero-order chi connectivity index (χ0) is 10.8. The maximum atomic E-state index is 13.8. The average Bonchev–Trinajstić information content (AvgIpc) is 2.20. The normalized spacial score (nSPS) is 30.6. The summed E-state index contributed by atoms with van der Waals surface area (Å²) in [5.74, 6) is 0. The fraction of sp³-hybridized carbons (Fsp3) is 1.00. The molecule has 0 aromatic carbocycles. The molecule has 14 heavy (non-hydrogen) atoms. The third kappa shape index (κ3) is 2.26. The standard InChI is InChI=1S/C11H23FN2/c1-4-11(3,5-2)14-8-9(13)6-7-10(14)12/h9-10H,4-8,13H2,1-3H3. The van der Waals surface area contributed by atoms with Crippen LogP contribution in [-0.2, 0) is 0 Å². The van der Waals surface area contributed by atoms with Gasteiger partial charge >= 0.3 is 0 Å². The Morgan fingerprint density at radius 3 is 2.43 bits per heavy atom. The van der Waals surface area contributed by atoms with Crippen molar-refractivity contribution < 1.29 is 4.39 Å². The van der Waals surface area contributed by atoms with Crippen molar-refractivity contribution in [2.24, 2.45) is 5.73 Å². The lowest BCUT2D eigenvalue weighted by atomic mass is 9.89. The van der Waals surface area contributed by atoms with Crippen LogP contribution in [0.3, 0.4) is 0 Å². The predicted octanol–water partition coefficient (Wildman–Crippen LogP) is 2.28. The number of rotatable bonds is 3. The predicted molar refractivity (Wildman–Crippen MR) is 57.8 cm³/mol. The third-order valence-electron chi connectivity index (χ3n) is 3.76. The van der Waals surface area contributed by atoms with Crippen LogP contribution in [0.2, 0.25) is 0 Å². The summed E-state index contributed by atoms with van der Waals surface area (Å²) in [6.07, 6.45) is 2.59. The molecule has 84 valence electrons. The van der Waals surface area contributed by atoms with Gasteiger partial charge in [-0.2, -0.15) is 0 Å². The van der Waals surface area contributed by atoms with Crippen LogP contribution < -0.4 is 5.73 Å². The van der Waals surface area contributed by atoms with E-state index >= 15 is 0 Å². The highest BCUT2D eigenvalue weighted by Gasteiger charge is 2.37. The van der Waals surface area contributed by atoms with Crippen molar-refractivity contribution in [3.8, 4) is 0 Å². The second kappa shape index (κ2) is 4.58. The van der Waals surface area contributed by atoms with Gasteiger partial charge in [-0.05, 0) is 32.6 Å². The van der Waals surface area contributed by atoms with Gasteiger partial charge in [0.15, 0.2) is 6.30 Å². The van der Waals surface area contributed by atoms with Gasteiger partial charge in [0.1, 0.15) is 0 Å². The molecule has 2 atom stereocenters. The molecule has 1 rings (SSSR count). The fourth-order valence-electron chi connectivity index (χ4n) is 2.18. The molecular formula is C11H23FN2. The summed E-state index contributed by atoms with van der Waals surface area (Å²) in [5.41, 5.74) is 5.87. The molecule has 1 fully saturated rings. The first-order valence-electron chi connectivity index (χ1n) is 5.70. The van der Waals surface area contributed by atoms with Crippen LogP contribution in [0.4, 0.5) is 4.39 Å². The zero-order valence-corrected chi connectivity index (χ0v) is 9.59. The quantitative estimate of drug-likeness (QED) is 0.711. The van der Waals surface area contributed by atoms with Crippen molar-refractivity contribution >= 4 is 0 Å². The number of halogens is 1. The molecule has 2 nitrogen and oxygen atoms in total. The molecule has 2 unspecified atom stereocenters. The van der Waals surface area contributed by atoms with Crippen molar-refractivity contribution in [1.82, 2.24) is 4.90 Å². The lowest BCUT2D eigenvalue weighted by Gasteiger charge is -2.46. The summed E-state index contributed by atoms with van der Waals surface area (Å²) in [4.78, 5) is 1.96. The molecule has 3 heteroatoms. The molecular weight excluding hydrogens is 179 g/mol. The van der Waals surface area contributed by atoms with Crippen LogP contribution in [0.25, 0.3) is 0 Å². The zero-order valence-electron chi connectivity index (χ0n) is 9.59. The van der Waals surface area contributed by atoms with Crippen LogP contribution in [0.1, 0.15) is 46.5 Å².